The number of urea groups is 1. The Morgan fingerprint density at radius 2 is 1.57 bits per heavy atom. The molecule has 0 aromatic heterocycles. The highest BCUT2D eigenvalue weighted by atomic mass is 16.7. The van der Waals surface area contributed by atoms with Gasteiger partial charge in [0.15, 0.2) is 11.5 Å². The van der Waals surface area contributed by atoms with Crippen molar-refractivity contribution in [3.8, 4) is 11.5 Å². The van der Waals surface area contributed by atoms with Crippen LogP contribution in [0.5, 0.6) is 11.5 Å². The number of carbonyl (C=O) groups excluding carboxylic acids is 2. The highest BCUT2D eigenvalue weighted by Gasteiger charge is 2.15. The average molecular weight is 403 g/mol. The zero-order valence-corrected chi connectivity index (χ0v) is 16.4. The van der Waals surface area contributed by atoms with Gasteiger partial charge >= 0.3 is 6.03 Å². The van der Waals surface area contributed by atoms with Gasteiger partial charge in [0, 0.05) is 30.5 Å². The monoisotopic (exact) mass is 403 g/mol. The second kappa shape index (κ2) is 8.57. The molecule has 3 aromatic carbocycles. The third-order valence-electron chi connectivity index (χ3n) is 4.63. The molecule has 3 aromatic rings. The Kier molecular flexibility index (Phi) is 5.52. The Hall–Kier alpha value is -4.00. The van der Waals surface area contributed by atoms with Crippen molar-refractivity contribution in [3.05, 3.63) is 83.9 Å². The topological polar surface area (TPSA) is 79.9 Å². The molecule has 1 aliphatic heterocycles. The number of nitrogens with zero attached hydrogens (tertiary/aromatic N) is 1. The molecule has 0 atom stereocenters. The van der Waals surface area contributed by atoms with E-state index in [9.17, 15) is 9.59 Å². The number of nitrogens with one attached hydrogen (secondary N) is 2. The lowest BCUT2D eigenvalue weighted by Gasteiger charge is -2.18. The molecule has 3 amide bonds. The Morgan fingerprint density at radius 1 is 0.867 bits per heavy atom. The molecule has 0 bridgehead atoms. The second-order valence-electron chi connectivity index (χ2n) is 6.87. The van der Waals surface area contributed by atoms with Gasteiger partial charge < -0.3 is 25.0 Å². The summed E-state index contributed by atoms with van der Waals surface area (Å²) in [5, 5.41) is 5.66. The maximum absolute atomic E-state index is 12.5. The molecule has 4 rings (SSSR count). The largest absolute Gasteiger partial charge is 0.454 e. The third-order valence-corrected chi connectivity index (χ3v) is 4.63. The fourth-order valence-corrected chi connectivity index (χ4v) is 3.03. The fourth-order valence-electron chi connectivity index (χ4n) is 3.03. The van der Waals surface area contributed by atoms with Crippen LogP contribution in [0.15, 0.2) is 72.8 Å². The summed E-state index contributed by atoms with van der Waals surface area (Å²) in [6.45, 7) is 0.633. The number of rotatable bonds is 5. The Balaban J connectivity index is 1.33. The van der Waals surface area contributed by atoms with Gasteiger partial charge in [-0.3, -0.25) is 4.79 Å². The summed E-state index contributed by atoms with van der Waals surface area (Å²) in [5.41, 5.74) is 2.77. The molecule has 2 N–H and O–H groups in total. The van der Waals surface area contributed by atoms with Gasteiger partial charge in [-0.25, -0.2) is 4.79 Å². The van der Waals surface area contributed by atoms with Crippen LogP contribution in [-0.4, -0.2) is 30.7 Å². The van der Waals surface area contributed by atoms with Crippen LogP contribution in [0.4, 0.5) is 16.2 Å². The molecule has 0 saturated heterocycles. The van der Waals surface area contributed by atoms with Crippen LogP contribution in [-0.2, 0) is 6.54 Å². The fraction of sp³-hybridized carbons (Fsp3) is 0.130. The smallest absolute Gasteiger partial charge is 0.321 e. The normalized spacial score (nSPS) is 11.6. The van der Waals surface area contributed by atoms with E-state index >= 15 is 0 Å². The van der Waals surface area contributed by atoms with E-state index < -0.39 is 0 Å². The summed E-state index contributed by atoms with van der Waals surface area (Å²) in [7, 11) is 1.71. The van der Waals surface area contributed by atoms with Crippen molar-refractivity contribution in [2.45, 2.75) is 6.54 Å². The van der Waals surface area contributed by atoms with E-state index in [-0.39, 0.29) is 18.7 Å². The number of fused-ring (bicyclic) bond motifs is 1. The standard InChI is InChI=1S/C23H21N3O4/c1-26(14-16-7-12-20-21(13-16)30-15-29-20)23(28)25-19-10-8-17(9-11-19)22(27)24-18-5-3-2-4-6-18/h2-13H,14-15H2,1H3,(H,24,27)(H,25,28). The van der Waals surface area contributed by atoms with Crippen LogP contribution in [0, 0.1) is 0 Å². The van der Waals surface area contributed by atoms with Gasteiger partial charge in [0.25, 0.3) is 5.91 Å². The second-order valence-corrected chi connectivity index (χ2v) is 6.87. The van der Waals surface area contributed by atoms with Gasteiger partial charge in [-0.15, -0.1) is 0 Å². The Morgan fingerprint density at radius 3 is 2.33 bits per heavy atom. The molecular weight excluding hydrogens is 382 g/mol. The van der Waals surface area contributed by atoms with E-state index in [0.717, 1.165) is 11.3 Å². The number of hydrogen-bond acceptors (Lipinski definition) is 4. The molecule has 0 radical (unpaired) electrons. The molecule has 1 aliphatic rings. The zero-order chi connectivity index (χ0) is 20.9. The maximum atomic E-state index is 12.5. The van der Waals surface area contributed by atoms with Crippen LogP contribution in [0.3, 0.4) is 0 Å². The summed E-state index contributed by atoms with van der Waals surface area (Å²) in [6, 6.07) is 21.3. The first-order valence-electron chi connectivity index (χ1n) is 9.45. The van der Waals surface area contributed by atoms with Crippen molar-refractivity contribution < 1.29 is 19.1 Å². The van der Waals surface area contributed by atoms with Gasteiger partial charge in [0.05, 0.1) is 0 Å². The number of anilines is 2. The molecule has 0 spiro atoms. The number of amides is 3. The number of ether oxygens (including phenoxy) is 2. The first-order chi connectivity index (χ1) is 14.6. The average Bonchev–Trinajstić information content (AvgIpc) is 3.23. The van der Waals surface area contributed by atoms with E-state index in [1.54, 1.807) is 36.2 Å². The van der Waals surface area contributed by atoms with Crippen molar-refractivity contribution in [1.82, 2.24) is 4.90 Å². The lowest BCUT2D eigenvalue weighted by Crippen LogP contribution is -2.30. The Bertz CT molecular complexity index is 1050. The SMILES string of the molecule is CN(Cc1ccc2c(c1)OCO2)C(=O)Nc1ccc(C(=O)Nc2ccccc2)cc1. The number of benzene rings is 3. The summed E-state index contributed by atoms with van der Waals surface area (Å²) < 4.78 is 10.7. The molecule has 0 unspecified atom stereocenters. The van der Waals surface area contributed by atoms with Crippen molar-refractivity contribution in [1.29, 1.82) is 0 Å². The van der Waals surface area contributed by atoms with Crippen LogP contribution in [0.2, 0.25) is 0 Å². The minimum absolute atomic E-state index is 0.209. The molecule has 0 fully saturated rings. The summed E-state index contributed by atoms with van der Waals surface area (Å²) >= 11 is 0. The van der Waals surface area contributed by atoms with Gasteiger partial charge in [-0.1, -0.05) is 24.3 Å². The first-order valence-corrected chi connectivity index (χ1v) is 9.45. The lowest BCUT2D eigenvalue weighted by atomic mass is 10.2. The summed E-state index contributed by atoms with van der Waals surface area (Å²) in [6.07, 6.45) is 0. The molecule has 0 aliphatic carbocycles. The van der Waals surface area contributed by atoms with Crippen molar-refractivity contribution >= 4 is 23.3 Å². The summed E-state index contributed by atoms with van der Waals surface area (Å²) in [4.78, 5) is 26.4. The highest BCUT2D eigenvalue weighted by molar-refractivity contribution is 6.04. The minimum Gasteiger partial charge on any atom is -0.454 e. The van der Waals surface area contributed by atoms with Gasteiger partial charge in [-0.05, 0) is 54.1 Å². The Labute approximate surface area is 174 Å². The molecule has 7 heteroatoms. The van der Waals surface area contributed by atoms with Crippen molar-refractivity contribution in [3.63, 3.8) is 0 Å². The number of para-hydroxylation sites is 1. The van der Waals surface area contributed by atoms with Crippen LogP contribution in [0.25, 0.3) is 0 Å². The highest BCUT2D eigenvalue weighted by Crippen LogP contribution is 2.32. The molecule has 0 saturated carbocycles. The minimum atomic E-state index is -0.255. The van der Waals surface area contributed by atoms with E-state index in [1.165, 1.54) is 0 Å². The number of carbonyl (C=O) groups is 2. The lowest BCUT2D eigenvalue weighted by molar-refractivity contribution is 0.102. The van der Waals surface area contributed by atoms with Gasteiger partial charge in [0.1, 0.15) is 0 Å². The van der Waals surface area contributed by atoms with Gasteiger partial charge in [0.2, 0.25) is 6.79 Å². The van der Waals surface area contributed by atoms with E-state index in [4.69, 9.17) is 9.47 Å². The number of hydrogen-bond donors (Lipinski definition) is 2. The molecule has 1 heterocycles. The predicted octanol–water partition coefficient (Wildman–Crippen LogP) is 4.33. The molecule has 30 heavy (non-hydrogen) atoms. The molecule has 152 valence electrons. The summed E-state index contributed by atoms with van der Waals surface area (Å²) in [5.74, 6) is 1.19. The van der Waals surface area contributed by atoms with E-state index in [0.29, 0.717) is 29.3 Å². The third kappa shape index (κ3) is 4.52. The quantitative estimate of drug-likeness (QED) is 0.665. The van der Waals surface area contributed by atoms with Crippen LogP contribution in [0.1, 0.15) is 15.9 Å². The zero-order valence-electron chi connectivity index (χ0n) is 16.4. The van der Waals surface area contributed by atoms with Crippen molar-refractivity contribution in [2.24, 2.45) is 0 Å². The maximum Gasteiger partial charge on any atom is 0.321 e. The first kappa shape index (κ1) is 19.3. The van der Waals surface area contributed by atoms with E-state index in [2.05, 4.69) is 10.6 Å². The van der Waals surface area contributed by atoms with Gasteiger partial charge in [-0.2, -0.15) is 0 Å². The molecular formula is C23H21N3O4. The van der Waals surface area contributed by atoms with Crippen LogP contribution >= 0.6 is 0 Å². The van der Waals surface area contributed by atoms with Crippen LogP contribution < -0.4 is 20.1 Å². The predicted molar refractivity (Wildman–Crippen MR) is 114 cm³/mol. The molecule has 7 nitrogen and oxygen atoms in total. The van der Waals surface area contributed by atoms with Crippen molar-refractivity contribution in [2.75, 3.05) is 24.5 Å². The van der Waals surface area contributed by atoms with E-state index in [1.807, 2.05) is 48.5 Å².